The number of nitrogens with two attached hydrogens (primary N) is 6. The van der Waals surface area contributed by atoms with E-state index in [4.69, 9.17) is 80.3 Å². The molecule has 0 aliphatic carbocycles. The summed E-state index contributed by atoms with van der Waals surface area (Å²) in [5.41, 5.74) is 36.8. The van der Waals surface area contributed by atoms with Crippen LogP contribution in [0.3, 0.4) is 0 Å². The smallest absolute Gasteiger partial charge is 0.680 e. The van der Waals surface area contributed by atoms with Gasteiger partial charge in [-0.3, -0.25) is 57.6 Å². The fraction of sp³-hybridized carbons (Fsp3) is 0.619. The Bertz CT molecular complexity index is 3600. The number of ether oxygens (including phenoxy) is 1. The molecule has 6 aliphatic rings. The maximum absolute atomic E-state index is 14.4. The van der Waals surface area contributed by atoms with E-state index >= 15 is 0 Å². The quantitative estimate of drug-likeness (QED) is 0.0469. The molecule has 8 rings (SSSR count). The SMILES string of the molecule is C/C1=C2N=C(/C=C3N=C(/C(C)=C4\[N-]C(C)(C5N=C1C(C)(CCC(=O)NCC(C)OP(=O)(O)OC1C(CO)OC(n6cnc7cc(C)c(C)cc76)C1O)C5CC(N)=O)C(C)(CC(N)=O)C4CCC(N)=O)C(C)(CC(N)=O)C\3CCC(N)=O)C(C)(C)C/2CCC(N)=O.[C-]#N.[Co+3]. The van der Waals surface area contributed by atoms with Crippen LogP contribution in [0.15, 0.2) is 67.8 Å². The zero-order chi connectivity index (χ0) is 68.7. The second-order valence-corrected chi connectivity index (χ2v) is 28.4. The topological polar surface area (TPSA) is 486 Å². The maximum Gasteiger partial charge on any atom is 3.00 e. The van der Waals surface area contributed by atoms with Crippen LogP contribution in [0.4, 0.5) is 0 Å². The number of nitrogens with one attached hydrogen (secondary N) is 1. The van der Waals surface area contributed by atoms with Crippen molar-refractivity contribution in [2.45, 2.75) is 189 Å². The number of allylic oxidation sites excluding steroid dienone is 6. The first kappa shape index (κ1) is 75.0. The number of fused-ring (bicyclic) bond motifs is 7. The number of amides is 7. The zero-order valence-electron chi connectivity index (χ0n) is 54.5. The van der Waals surface area contributed by atoms with Gasteiger partial charge in [0.15, 0.2) is 6.23 Å². The van der Waals surface area contributed by atoms with Crippen molar-refractivity contribution in [1.29, 1.82) is 5.26 Å². The molecule has 0 saturated carbocycles. The van der Waals surface area contributed by atoms with Crippen LogP contribution in [0.1, 0.15) is 150 Å². The van der Waals surface area contributed by atoms with Gasteiger partial charge in [0.25, 0.3) is 0 Å². The summed E-state index contributed by atoms with van der Waals surface area (Å²) in [6.07, 6.45) is -4.47. The molecular formula is C63H89CoN14O14P+. The fourth-order valence-electron chi connectivity index (χ4n) is 15.3. The first-order valence-corrected chi connectivity index (χ1v) is 32.2. The first-order valence-electron chi connectivity index (χ1n) is 30.7. The maximum atomic E-state index is 14.4. The van der Waals surface area contributed by atoms with Crippen LogP contribution in [-0.2, 0) is 68.7 Å². The van der Waals surface area contributed by atoms with E-state index in [1.165, 1.54) is 13.3 Å². The van der Waals surface area contributed by atoms with Gasteiger partial charge in [0.2, 0.25) is 41.4 Å². The number of rotatable bonds is 26. The number of aryl methyl sites for hydroxylation is 2. The van der Waals surface area contributed by atoms with Crippen molar-refractivity contribution in [2.24, 2.45) is 94.7 Å². The van der Waals surface area contributed by atoms with Gasteiger partial charge >= 0.3 is 24.6 Å². The summed E-state index contributed by atoms with van der Waals surface area (Å²) in [5, 5.41) is 36.5. The summed E-state index contributed by atoms with van der Waals surface area (Å²) in [5.74, 6) is -7.34. The average Bonchev–Trinajstić information content (AvgIpc) is 1.53. The van der Waals surface area contributed by atoms with Crippen LogP contribution in [-0.4, -0.2) is 132 Å². The number of nitrogens with zero attached hydrogens (tertiary/aromatic N) is 7. The van der Waals surface area contributed by atoms with Crippen molar-refractivity contribution >= 4 is 77.3 Å². The molecule has 7 amide bonds. The number of aromatic nitrogens is 2. The van der Waals surface area contributed by atoms with Crippen molar-refractivity contribution in [3.8, 4) is 0 Å². The van der Waals surface area contributed by atoms with Crippen LogP contribution < -0.4 is 39.7 Å². The van der Waals surface area contributed by atoms with E-state index in [0.29, 0.717) is 56.4 Å². The minimum atomic E-state index is -5.07. The number of hydrogen-bond donors (Lipinski definition) is 10. The third-order valence-electron chi connectivity index (χ3n) is 20.5. The minimum absolute atomic E-state index is 0. The summed E-state index contributed by atoms with van der Waals surface area (Å²) in [6, 6.07) is 2.68. The summed E-state index contributed by atoms with van der Waals surface area (Å²) in [7, 11) is -5.07. The monoisotopic (exact) mass is 1360 g/mol. The molecule has 0 radical (unpaired) electrons. The average molecular weight is 1360 g/mol. The number of primary amides is 6. The van der Waals surface area contributed by atoms with Gasteiger partial charge in [0.05, 0.1) is 30.1 Å². The van der Waals surface area contributed by atoms with E-state index in [0.717, 1.165) is 11.1 Å². The van der Waals surface area contributed by atoms with Gasteiger partial charge in [0, 0.05) is 114 Å². The number of imidazole rings is 1. The molecule has 16 N–H and O–H groups in total. The molecule has 93 heavy (non-hydrogen) atoms. The van der Waals surface area contributed by atoms with E-state index in [9.17, 15) is 53.2 Å². The molecule has 15 atom stereocenters. The molecule has 1 aromatic heterocycles. The standard InChI is InChI=1S/C62H90N13O14P.CN.Co/c1-29-20-39-40(21-30(29)2)75(28-70-39)57-52(84)53(41(27-76)87-57)89-90(85,86)88-31(3)26-69-49(83)18-19-59(8)37(22-46(66)80)56-62(11)61(10,25-48(68)82)36(14-17-45(65)79)51(74-62)33(5)55-60(9,24-47(67)81)34(12-15-43(63)77)38(71-55)23-42-58(6,7)35(13-16-44(64)78)50(72-42)32(4)54(59)73-56;1-2;/h20-21,23,28,31,34-37,41,52-53,56-57,76,84H,12-19,22,24-27H2,1-11H3,(H15,63,64,65,66,67,68,69,71,72,73,74,77,78,79,80,81,82,83,85,86);;/q;-1;+3/p-1. The Morgan fingerprint density at radius 3 is 1.95 bits per heavy atom. The first-order chi connectivity index (χ1) is 42.8. The summed E-state index contributed by atoms with van der Waals surface area (Å²) in [4.78, 5) is 125. The fourth-order valence-corrected chi connectivity index (χ4v) is 16.5. The molecule has 7 heterocycles. The van der Waals surface area contributed by atoms with Crippen molar-refractivity contribution in [1.82, 2.24) is 14.9 Å². The Morgan fingerprint density at radius 1 is 0.796 bits per heavy atom. The molecule has 2 fully saturated rings. The Labute approximate surface area is 551 Å². The van der Waals surface area contributed by atoms with Gasteiger partial charge < -0.3 is 81.3 Å². The van der Waals surface area contributed by atoms with Gasteiger partial charge in [-0.1, -0.05) is 47.1 Å². The molecule has 2 saturated heterocycles. The van der Waals surface area contributed by atoms with Gasteiger partial charge in [-0.15, -0.1) is 0 Å². The third kappa shape index (κ3) is 14.6. The second kappa shape index (κ2) is 28.5. The molecular weight excluding hydrogens is 1270 g/mol. The largest absolute Gasteiger partial charge is 3.00 e. The Hall–Kier alpha value is -7.00. The predicted molar refractivity (Wildman–Crippen MR) is 339 cm³/mol. The molecule has 6 aliphatic heterocycles. The number of aliphatic imine (C=N–C) groups is 3. The van der Waals surface area contributed by atoms with E-state index in [-0.39, 0.29) is 94.0 Å². The van der Waals surface area contributed by atoms with Gasteiger partial charge in [-0.2, -0.15) is 5.70 Å². The predicted octanol–water partition coefficient (Wildman–Crippen LogP) is 4.04. The zero-order valence-corrected chi connectivity index (χ0v) is 56.4. The summed E-state index contributed by atoms with van der Waals surface area (Å²) in [6.45, 7) is 23.9. The van der Waals surface area contributed by atoms with Crippen LogP contribution in [0, 0.1) is 71.0 Å². The molecule has 508 valence electrons. The number of phosphoric ester groups is 1. The second-order valence-electron chi connectivity index (χ2n) is 27.0. The number of hydrogen-bond acceptors (Lipinski definition) is 18. The van der Waals surface area contributed by atoms with Crippen molar-refractivity contribution in [3.63, 3.8) is 0 Å². The molecule has 28 nitrogen and oxygen atoms in total. The van der Waals surface area contributed by atoms with E-state index < -0.39 is 143 Å². The minimum Gasteiger partial charge on any atom is -0.680 e. The van der Waals surface area contributed by atoms with Crippen molar-refractivity contribution in [2.75, 3.05) is 13.2 Å². The Morgan fingerprint density at radius 2 is 1.38 bits per heavy atom. The number of phosphoric acid groups is 1. The number of benzene rings is 1. The van der Waals surface area contributed by atoms with Gasteiger partial charge in [-0.25, -0.2) is 9.55 Å². The van der Waals surface area contributed by atoms with Crippen molar-refractivity contribution in [3.05, 3.63) is 75.8 Å². The van der Waals surface area contributed by atoms with E-state index in [1.54, 1.807) is 11.5 Å². The summed E-state index contributed by atoms with van der Waals surface area (Å²) >= 11 is 0. The van der Waals surface area contributed by atoms with E-state index in [1.807, 2.05) is 80.5 Å². The van der Waals surface area contributed by atoms with Crippen LogP contribution in [0.25, 0.3) is 16.4 Å². The number of carbonyl (C=O) groups excluding carboxylic acids is 7. The van der Waals surface area contributed by atoms with Crippen molar-refractivity contribution < 1.29 is 83.8 Å². The van der Waals surface area contributed by atoms with Crippen LogP contribution in [0.5, 0.6) is 0 Å². The molecule has 15 unspecified atom stereocenters. The normalized spacial score (nSPS) is 33.1. The molecule has 2 aromatic rings. The number of carbonyl (C=O) groups is 7. The van der Waals surface area contributed by atoms with Gasteiger partial charge in [0.1, 0.15) is 18.3 Å². The van der Waals surface area contributed by atoms with E-state index in [2.05, 4.69) is 10.3 Å². The van der Waals surface area contributed by atoms with Crippen LogP contribution in [0.2, 0.25) is 0 Å². The Kier molecular flexibility index (Phi) is 23.0. The molecule has 8 bridgehead atoms. The molecule has 0 spiro atoms. The molecule has 1 aromatic carbocycles. The molecule has 30 heteroatoms. The number of aliphatic hydroxyl groups excluding tert-OH is 2. The summed E-state index contributed by atoms with van der Waals surface area (Å²) < 4.78 is 32.3. The third-order valence-corrected chi connectivity index (χ3v) is 21.6. The number of aliphatic hydroxyl groups is 2. The van der Waals surface area contributed by atoms with Crippen LogP contribution >= 0.6 is 7.82 Å². The Balaban J connectivity index is 0.00000453. The van der Waals surface area contributed by atoms with Gasteiger partial charge in [-0.05, 0) is 118 Å².